The van der Waals surface area contributed by atoms with E-state index in [-0.39, 0.29) is 5.91 Å². The highest BCUT2D eigenvalue weighted by Crippen LogP contribution is 2.25. The van der Waals surface area contributed by atoms with Gasteiger partial charge in [0.1, 0.15) is 6.29 Å². The highest BCUT2D eigenvalue weighted by Gasteiger charge is 2.19. The summed E-state index contributed by atoms with van der Waals surface area (Å²) in [5.74, 6) is 0.263. The largest absolute Gasteiger partial charge is 0.326 e. The van der Waals surface area contributed by atoms with E-state index in [4.69, 9.17) is 0 Å². The second kappa shape index (κ2) is 7.36. The summed E-state index contributed by atoms with van der Waals surface area (Å²) in [5.41, 5.74) is 6.29. The van der Waals surface area contributed by atoms with Crippen molar-refractivity contribution in [1.29, 1.82) is 0 Å². The monoisotopic (exact) mass is 325 g/mol. The third kappa shape index (κ3) is 3.95. The molecule has 124 valence electrons. The van der Waals surface area contributed by atoms with Crippen molar-refractivity contribution < 1.29 is 9.59 Å². The van der Waals surface area contributed by atoms with Crippen molar-refractivity contribution in [3.05, 3.63) is 47.8 Å². The zero-order chi connectivity index (χ0) is 17.7. The lowest BCUT2D eigenvalue weighted by Gasteiger charge is -2.28. The maximum atomic E-state index is 11.2. The summed E-state index contributed by atoms with van der Waals surface area (Å²) in [4.78, 5) is 28.2. The van der Waals surface area contributed by atoms with Gasteiger partial charge in [-0.25, -0.2) is 10.4 Å². The molecule has 1 heterocycles. The van der Waals surface area contributed by atoms with E-state index in [1.807, 2.05) is 13.0 Å². The van der Waals surface area contributed by atoms with Crippen LogP contribution in [0.3, 0.4) is 0 Å². The van der Waals surface area contributed by atoms with Gasteiger partial charge in [0.15, 0.2) is 0 Å². The summed E-state index contributed by atoms with van der Waals surface area (Å²) in [5, 5.41) is 6.72. The molecule has 1 aliphatic heterocycles. The summed E-state index contributed by atoms with van der Waals surface area (Å²) in [6, 6.07) is 5.44. The molecule has 0 saturated heterocycles. The fourth-order valence-corrected chi connectivity index (χ4v) is 2.17. The van der Waals surface area contributed by atoms with Crippen LogP contribution in [0.15, 0.2) is 52.3 Å². The second-order valence-corrected chi connectivity index (χ2v) is 5.26. The standard InChI is InChI=1S/C17H19N5O2/c1-11-5-6-15(19-14(4)24)9-16(11)20-17-21-18-10-13(3)22(17)12(2)7-8-23/h5-10H,3H2,1-2,4H3,(H,19,24)(H,20,21)/b12-7+. The van der Waals surface area contributed by atoms with Gasteiger partial charge in [-0.05, 0) is 37.6 Å². The molecule has 7 heteroatoms. The molecule has 1 aromatic carbocycles. The van der Waals surface area contributed by atoms with Crippen LogP contribution in [0.5, 0.6) is 0 Å². The fraction of sp³-hybridized carbons (Fsp3) is 0.176. The van der Waals surface area contributed by atoms with E-state index in [0.717, 1.165) is 5.56 Å². The van der Waals surface area contributed by atoms with Gasteiger partial charge < -0.3 is 5.32 Å². The number of hydrogen-bond acceptors (Lipinski definition) is 4. The molecule has 1 aliphatic rings. The number of rotatable bonds is 4. The Balaban J connectivity index is 2.46. The van der Waals surface area contributed by atoms with Crippen molar-refractivity contribution in [1.82, 2.24) is 10.3 Å². The number of guanidine groups is 1. The Morgan fingerprint density at radius 3 is 2.83 bits per heavy atom. The summed E-state index contributed by atoms with van der Waals surface area (Å²) in [6.45, 7) is 9.05. The molecule has 0 unspecified atom stereocenters. The Kier molecular flexibility index (Phi) is 5.26. The molecule has 0 bridgehead atoms. The van der Waals surface area contributed by atoms with Gasteiger partial charge >= 0.3 is 0 Å². The first kappa shape index (κ1) is 17.1. The van der Waals surface area contributed by atoms with Gasteiger partial charge in [-0.3, -0.25) is 14.5 Å². The molecule has 1 amide bonds. The number of nitrogens with zero attached hydrogens (tertiary/aromatic N) is 3. The lowest BCUT2D eigenvalue weighted by Crippen LogP contribution is -2.40. The van der Waals surface area contributed by atoms with E-state index < -0.39 is 0 Å². The molecule has 24 heavy (non-hydrogen) atoms. The van der Waals surface area contributed by atoms with Gasteiger partial charge in [0.2, 0.25) is 11.9 Å². The highest BCUT2D eigenvalue weighted by atomic mass is 16.1. The van der Waals surface area contributed by atoms with E-state index in [1.54, 1.807) is 30.2 Å². The summed E-state index contributed by atoms with van der Waals surface area (Å²) >= 11 is 0. The molecule has 0 aromatic heterocycles. The van der Waals surface area contributed by atoms with E-state index in [2.05, 4.69) is 27.4 Å². The SMILES string of the molecule is C=C1C=NNC(=Nc2cc(NC(C)=O)ccc2C)N1/C(C)=C/C=O. The Hall–Kier alpha value is -3.22. The van der Waals surface area contributed by atoms with Crippen LogP contribution in [0.1, 0.15) is 19.4 Å². The number of carbonyl (C=O) groups is 2. The van der Waals surface area contributed by atoms with E-state index in [1.165, 1.54) is 13.0 Å². The van der Waals surface area contributed by atoms with Crippen LogP contribution in [0, 0.1) is 6.92 Å². The van der Waals surface area contributed by atoms with Crippen molar-refractivity contribution in [3.8, 4) is 0 Å². The van der Waals surface area contributed by atoms with Crippen LogP contribution < -0.4 is 10.7 Å². The normalized spacial score (nSPS) is 16.1. The quantitative estimate of drug-likeness (QED) is 0.657. The average Bonchev–Trinajstić information content (AvgIpc) is 2.50. The number of carbonyl (C=O) groups excluding carboxylic acids is 2. The molecule has 0 aliphatic carbocycles. The van der Waals surface area contributed by atoms with Gasteiger partial charge in [0, 0.05) is 18.3 Å². The Labute approximate surface area is 140 Å². The molecular weight excluding hydrogens is 306 g/mol. The Morgan fingerprint density at radius 2 is 2.17 bits per heavy atom. The number of hydrazone groups is 1. The summed E-state index contributed by atoms with van der Waals surface area (Å²) in [7, 11) is 0. The van der Waals surface area contributed by atoms with Crippen molar-refractivity contribution >= 4 is 35.7 Å². The zero-order valence-electron chi connectivity index (χ0n) is 13.8. The number of aliphatic imine (C=N–C) groups is 1. The summed E-state index contributed by atoms with van der Waals surface area (Å²) < 4.78 is 0. The average molecular weight is 325 g/mol. The fourth-order valence-electron chi connectivity index (χ4n) is 2.17. The first-order chi connectivity index (χ1) is 11.4. The predicted molar refractivity (Wildman–Crippen MR) is 95.0 cm³/mol. The Morgan fingerprint density at radius 1 is 1.42 bits per heavy atom. The molecule has 0 fully saturated rings. The van der Waals surface area contributed by atoms with Gasteiger partial charge in [0.05, 0.1) is 17.6 Å². The number of nitrogens with one attached hydrogen (secondary N) is 2. The molecule has 0 radical (unpaired) electrons. The lowest BCUT2D eigenvalue weighted by molar-refractivity contribution is -0.114. The van der Waals surface area contributed by atoms with Crippen LogP contribution in [0.2, 0.25) is 0 Å². The minimum atomic E-state index is -0.155. The molecule has 7 nitrogen and oxygen atoms in total. The van der Waals surface area contributed by atoms with Gasteiger partial charge in [0.25, 0.3) is 0 Å². The number of amides is 1. The predicted octanol–water partition coefficient (Wildman–Crippen LogP) is 2.45. The first-order valence-electron chi connectivity index (χ1n) is 7.29. The van der Waals surface area contributed by atoms with Crippen molar-refractivity contribution in [2.75, 3.05) is 5.32 Å². The van der Waals surface area contributed by atoms with Gasteiger partial charge in [-0.1, -0.05) is 12.6 Å². The number of benzene rings is 1. The van der Waals surface area contributed by atoms with Crippen LogP contribution in [0.4, 0.5) is 11.4 Å². The smallest absolute Gasteiger partial charge is 0.229 e. The molecule has 0 saturated carbocycles. The van der Waals surface area contributed by atoms with Crippen LogP contribution in [-0.2, 0) is 9.59 Å². The van der Waals surface area contributed by atoms with E-state index in [9.17, 15) is 9.59 Å². The number of aryl methyl sites for hydroxylation is 1. The maximum absolute atomic E-state index is 11.2. The molecule has 2 rings (SSSR count). The molecule has 0 atom stereocenters. The summed E-state index contributed by atoms with van der Waals surface area (Å²) in [6.07, 6.45) is 3.67. The number of aldehydes is 1. The van der Waals surface area contributed by atoms with Crippen molar-refractivity contribution in [3.63, 3.8) is 0 Å². The van der Waals surface area contributed by atoms with Crippen molar-refractivity contribution in [2.24, 2.45) is 10.1 Å². The number of allylic oxidation sites excluding steroid dienone is 3. The molecule has 2 N–H and O–H groups in total. The van der Waals surface area contributed by atoms with Gasteiger partial charge in [-0.2, -0.15) is 5.10 Å². The number of hydrogen-bond donors (Lipinski definition) is 2. The topological polar surface area (TPSA) is 86.2 Å². The molecule has 1 aromatic rings. The van der Waals surface area contributed by atoms with E-state index >= 15 is 0 Å². The van der Waals surface area contributed by atoms with E-state index in [0.29, 0.717) is 35.0 Å². The molecular formula is C17H19N5O2. The third-order valence-electron chi connectivity index (χ3n) is 3.29. The minimum Gasteiger partial charge on any atom is -0.326 e. The minimum absolute atomic E-state index is 0.155. The maximum Gasteiger partial charge on any atom is 0.229 e. The van der Waals surface area contributed by atoms with Crippen LogP contribution >= 0.6 is 0 Å². The van der Waals surface area contributed by atoms with Crippen LogP contribution in [0.25, 0.3) is 0 Å². The molecule has 0 spiro atoms. The number of anilines is 1. The second-order valence-electron chi connectivity index (χ2n) is 5.26. The third-order valence-corrected chi connectivity index (χ3v) is 3.29. The van der Waals surface area contributed by atoms with Crippen molar-refractivity contribution in [2.45, 2.75) is 20.8 Å². The highest BCUT2D eigenvalue weighted by molar-refractivity contribution is 5.96. The van der Waals surface area contributed by atoms with Crippen LogP contribution in [-0.4, -0.2) is 29.3 Å². The van der Waals surface area contributed by atoms with Gasteiger partial charge in [-0.15, -0.1) is 0 Å². The Bertz CT molecular complexity index is 777. The lowest BCUT2D eigenvalue weighted by atomic mass is 10.2. The zero-order valence-corrected chi connectivity index (χ0v) is 13.8. The first-order valence-corrected chi connectivity index (χ1v) is 7.29.